The first-order valence-electron chi connectivity index (χ1n) is 7.97. The molecule has 5 nitrogen and oxygen atoms in total. The lowest BCUT2D eigenvalue weighted by Crippen LogP contribution is -2.25. The first kappa shape index (κ1) is 17.1. The van der Waals surface area contributed by atoms with Gasteiger partial charge < -0.3 is 10.1 Å². The van der Waals surface area contributed by atoms with E-state index in [0.29, 0.717) is 18.5 Å². The lowest BCUT2D eigenvalue weighted by molar-refractivity contribution is -0.140. The Labute approximate surface area is 149 Å². The summed E-state index contributed by atoms with van der Waals surface area (Å²) in [6.45, 7) is 0.416. The van der Waals surface area contributed by atoms with Crippen LogP contribution in [-0.2, 0) is 9.53 Å². The summed E-state index contributed by atoms with van der Waals surface area (Å²) < 4.78 is 4.60. The van der Waals surface area contributed by atoms with Gasteiger partial charge in [0.25, 0.3) is 5.91 Å². The van der Waals surface area contributed by atoms with Gasteiger partial charge in [0.05, 0.1) is 28.8 Å². The molecule has 0 atom stereocenters. The Bertz CT molecular complexity index is 891. The number of para-hydroxylation sites is 1. The fourth-order valence-electron chi connectivity index (χ4n) is 2.55. The van der Waals surface area contributed by atoms with Gasteiger partial charge in [0.2, 0.25) is 0 Å². The van der Waals surface area contributed by atoms with E-state index >= 15 is 0 Å². The number of benzene rings is 1. The normalized spacial score (nSPS) is 10.6. The van der Waals surface area contributed by atoms with E-state index in [4.69, 9.17) is 0 Å². The summed E-state index contributed by atoms with van der Waals surface area (Å²) in [6, 6.07) is 13.4. The van der Waals surface area contributed by atoms with Crippen molar-refractivity contribution in [2.75, 3.05) is 13.7 Å². The summed E-state index contributed by atoms with van der Waals surface area (Å²) in [6.07, 6.45) is 0.827. The molecule has 0 fully saturated rings. The van der Waals surface area contributed by atoms with Crippen molar-refractivity contribution < 1.29 is 14.3 Å². The number of nitrogens with one attached hydrogen (secondary N) is 1. The molecule has 25 heavy (non-hydrogen) atoms. The summed E-state index contributed by atoms with van der Waals surface area (Å²) in [4.78, 5) is 29.5. The molecule has 128 valence electrons. The van der Waals surface area contributed by atoms with E-state index in [-0.39, 0.29) is 18.3 Å². The number of hydrogen-bond acceptors (Lipinski definition) is 5. The monoisotopic (exact) mass is 354 g/mol. The number of carbonyl (C=O) groups is 2. The number of esters is 1. The summed E-state index contributed by atoms with van der Waals surface area (Å²) in [5.41, 5.74) is 2.16. The van der Waals surface area contributed by atoms with E-state index < -0.39 is 0 Å². The van der Waals surface area contributed by atoms with E-state index in [9.17, 15) is 9.59 Å². The highest BCUT2D eigenvalue weighted by Crippen LogP contribution is 2.27. The van der Waals surface area contributed by atoms with Crippen molar-refractivity contribution in [1.29, 1.82) is 0 Å². The molecule has 0 aliphatic carbocycles. The van der Waals surface area contributed by atoms with Crippen molar-refractivity contribution in [3.05, 3.63) is 53.4 Å². The number of methoxy groups -OCH3 is 1. The Morgan fingerprint density at radius 3 is 2.80 bits per heavy atom. The maximum absolute atomic E-state index is 12.6. The molecule has 0 aliphatic heterocycles. The molecule has 2 heterocycles. The fraction of sp³-hybridized carbons (Fsp3) is 0.211. The summed E-state index contributed by atoms with van der Waals surface area (Å²) >= 11 is 1.59. The predicted molar refractivity (Wildman–Crippen MR) is 98.6 cm³/mol. The topological polar surface area (TPSA) is 68.3 Å². The highest BCUT2D eigenvalue weighted by Gasteiger charge is 2.14. The smallest absolute Gasteiger partial charge is 0.305 e. The van der Waals surface area contributed by atoms with Crippen LogP contribution in [-0.4, -0.2) is 30.5 Å². The largest absolute Gasteiger partial charge is 0.469 e. The second-order valence-corrected chi connectivity index (χ2v) is 6.43. The molecule has 2 aromatic heterocycles. The second-order valence-electron chi connectivity index (χ2n) is 5.49. The molecule has 0 bridgehead atoms. The molecule has 0 unspecified atom stereocenters. The fourth-order valence-corrected chi connectivity index (χ4v) is 3.23. The molecule has 0 radical (unpaired) electrons. The quantitative estimate of drug-likeness (QED) is 0.542. The molecule has 1 aromatic carbocycles. The molecule has 3 aromatic rings. The molecule has 0 saturated heterocycles. The number of carbonyl (C=O) groups excluding carboxylic acids is 2. The number of nitrogens with zero attached hydrogens (tertiary/aromatic N) is 1. The van der Waals surface area contributed by atoms with Crippen LogP contribution in [0.5, 0.6) is 0 Å². The number of ether oxygens (including phenoxy) is 1. The third kappa shape index (κ3) is 4.03. The van der Waals surface area contributed by atoms with Crippen molar-refractivity contribution in [3.63, 3.8) is 0 Å². The molecule has 1 N–H and O–H groups in total. The van der Waals surface area contributed by atoms with Gasteiger partial charge in [-0.1, -0.05) is 24.3 Å². The van der Waals surface area contributed by atoms with Crippen molar-refractivity contribution >= 4 is 34.1 Å². The third-order valence-corrected chi connectivity index (χ3v) is 4.70. The van der Waals surface area contributed by atoms with Crippen LogP contribution in [0.4, 0.5) is 0 Å². The van der Waals surface area contributed by atoms with Crippen LogP contribution in [0.25, 0.3) is 21.5 Å². The molecule has 1 amide bonds. The van der Waals surface area contributed by atoms with Crippen LogP contribution in [0, 0.1) is 0 Å². The Balaban J connectivity index is 1.84. The lowest BCUT2D eigenvalue weighted by Gasteiger charge is -2.10. The Hall–Kier alpha value is -2.73. The minimum absolute atomic E-state index is 0.165. The first-order valence-corrected chi connectivity index (χ1v) is 8.85. The zero-order chi connectivity index (χ0) is 17.6. The molecule has 0 saturated carbocycles. The van der Waals surface area contributed by atoms with Crippen LogP contribution in [0.3, 0.4) is 0 Å². The Kier molecular flexibility index (Phi) is 5.40. The predicted octanol–water partition coefficient (Wildman–Crippen LogP) is 3.65. The minimum atomic E-state index is -0.274. The zero-order valence-corrected chi connectivity index (χ0v) is 14.6. The summed E-state index contributed by atoms with van der Waals surface area (Å²) in [5.74, 6) is -0.440. The molecule has 0 spiro atoms. The average Bonchev–Trinajstić information content (AvgIpc) is 3.18. The standard InChI is InChI=1S/C19H18N2O3S/c1-24-18(22)9-4-10-20-19(23)14-12-16(17-8-5-11-25-17)21-15-7-3-2-6-13(14)15/h2-3,5-8,11-12H,4,9-10H2,1H3,(H,20,23). The van der Waals surface area contributed by atoms with Gasteiger partial charge in [-0.3, -0.25) is 9.59 Å². The van der Waals surface area contributed by atoms with Gasteiger partial charge >= 0.3 is 5.97 Å². The Morgan fingerprint density at radius 1 is 1.20 bits per heavy atom. The average molecular weight is 354 g/mol. The number of rotatable bonds is 6. The van der Waals surface area contributed by atoms with Crippen molar-refractivity contribution in [2.45, 2.75) is 12.8 Å². The number of pyridine rings is 1. The van der Waals surface area contributed by atoms with Gasteiger partial charge in [0.1, 0.15) is 0 Å². The van der Waals surface area contributed by atoms with Gasteiger partial charge in [-0.05, 0) is 30.0 Å². The molecular formula is C19H18N2O3S. The maximum Gasteiger partial charge on any atom is 0.305 e. The molecule has 3 rings (SSSR count). The van der Waals surface area contributed by atoms with Crippen LogP contribution in [0.15, 0.2) is 47.8 Å². The molecule has 6 heteroatoms. The van der Waals surface area contributed by atoms with Gasteiger partial charge in [0, 0.05) is 18.4 Å². The Morgan fingerprint density at radius 2 is 2.04 bits per heavy atom. The van der Waals surface area contributed by atoms with E-state index in [1.165, 1.54) is 7.11 Å². The molecular weight excluding hydrogens is 336 g/mol. The van der Waals surface area contributed by atoms with Gasteiger partial charge in [0.15, 0.2) is 0 Å². The summed E-state index contributed by atoms with van der Waals surface area (Å²) in [7, 11) is 1.36. The third-order valence-electron chi connectivity index (χ3n) is 3.81. The lowest BCUT2D eigenvalue weighted by atomic mass is 10.1. The van der Waals surface area contributed by atoms with Crippen LogP contribution >= 0.6 is 11.3 Å². The highest BCUT2D eigenvalue weighted by atomic mass is 32.1. The number of fused-ring (bicyclic) bond motifs is 1. The zero-order valence-electron chi connectivity index (χ0n) is 13.8. The van der Waals surface area contributed by atoms with Crippen LogP contribution in [0.1, 0.15) is 23.2 Å². The number of aromatic nitrogens is 1. The van der Waals surface area contributed by atoms with Crippen molar-refractivity contribution in [1.82, 2.24) is 10.3 Å². The van der Waals surface area contributed by atoms with Crippen LogP contribution in [0.2, 0.25) is 0 Å². The summed E-state index contributed by atoms with van der Waals surface area (Å²) in [5, 5.41) is 5.67. The second kappa shape index (κ2) is 7.90. The van der Waals surface area contributed by atoms with Gasteiger partial charge in [-0.15, -0.1) is 11.3 Å². The van der Waals surface area contributed by atoms with Gasteiger partial charge in [-0.25, -0.2) is 4.98 Å². The van der Waals surface area contributed by atoms with E-state index in [2.05, 4.69) is 15.0 Å². The van der Waals surface area contributed by atoms with Crippen molar-refractivity contribution in [3.8, 4) is 10.6 Å². The highest BCUT2D eigenvalue weighted by molar-refractivity contribution is 7.13. The van der Waals surface area contributed by atoms with E-state index in [1.54, 1.807) is 11.3 Å². The van der Waals surface area contributed by atoms with Crippen LogP contribution < -0.4 is 5.32 Å². The van der Waals surface area contributed by atoms with Gasteiger partial charge in [-0.2, -0.15) is 0 Å². The van der Waals surface area contributed by atoms with E-state index in [0.717, 1.165) is 21.5 Å². The number of hydrogen-bond donors (Lipinski definition) is 1. The SMILES string of the molecule is COC(=O)CCCNC(=O)c1cc(-c2cccs2)nc2ccccc12. The number of amides is 1. The number of thiophene rings is 1. The maximum atomic E-state index is 12.6. The molecule has 0 aliphatic rings. The van der Waals surface area contributed by atoms with E-state index in [1.807, 2.05) is 47.8 Å². The van der Waals surface area contributed by atoms with Crippen molar-refractivity contribution in [2.24, 2.45) is 0 Å². The first-order chi connectivity index (χ1) is 12.2. The minimum Gasteiger partial charge on any atom is -0.469 e.